The van der Waals surface area contributed by atoms with E-state index in [0.29, 0.717) is 10.0 Å². The number of benzene rings is 1. The van der Waals surface area contributed by atoms with Gasteiger partial charge in [0.2, 0.25) is 0 Å². The zero-order chi connectivity index (χ0) is 15.6. The summed E-state index contributed by atoms with van der Waals surface area (Å²) in [5.74, 6) is -1.04. The van der Waals surface area contributed by atoms with Crippen molar-refractivity contribution in [3.8, 4) is 0 Å². The minimum absolute atomic E-state index is 0.110. The normalized spacial score (nSPS) is 10.3. The van der Waals surface area contributed by atoms with Crippen LogP contribution in [0.2, 0.25) is 0 Å². The first kappa shape index (κ1) is 14.9. The van der Waals surface area contributed by atoms with Gasteiger partial charge in [0, 0.05) is 16.7 Å². The maximum Gasteiger partial charge on any atom is 0.335 e. The Kier molecular flexibility index (Phi) is 4.18. The molecule has 108 valence electrons. The number of nitrogens with zero attached hydrogens (tertiary/aromatic N) is 2. The molecule has 2 aromatic rings. The lowest BCUT2D eigenvalue weighted by Gasteiger charge is -2.07. The van der Waals surface area contributed by atoms with E-state index in [1.807, 2.05) is 0 Å². The molecule has 0 aliphatic heterocycles. The Morgan fingerprint density at radius 2 is 1.95 bits per heavy atom. The molecule has 1 heterocycles. The summed E-state index contributed by atoms with van der Waals surface area (Å²) in [4.78, 5) is 32.8. The van der Waals surface area contributed by atoms with Gasteiger partial charge in [0.1, 0.15) is 0 Å². The molecule has 2 rings (SSSR count). The molecule has 0 aliphatic carbocycles. The summed E-state index contributed by atoms with van der Waals surface area (Å²) < 4.78 is 1.61. The molecular weight excluding hydrogens is 344 g/mol. The van der Waals surface area contributed by atoms with Gasteiger partial charge in [-0.05, 0) is 33.6 Å². The predicted octanol–water partition coefficient (Wildman–Crippen LogP) is 2.27. The third kappa shape index (κ3) is 3.34. The van der Waals surface area contributed by atoms with E-state index >= 15 is 0 Å². The third-order valence-electron chi connectivity index (χ3n) is 2.78. The lowest BCUT2D eigenvalue weighted by molar-refractivity contribution is -0.386. The summed E-state index contributed by atoms with van der Waals surface area (Å²) >= 11 is 3.12. The third-order valence-corrected chi connectivity index (χ3v) is 3.22. The van der Waals surface area contributed by atoms with Crippen molar-refractivity contribution in [2.45, 2.75) is 6.54 Å². The van der Waals surface area contributed by atoms with Crippen LogP contribution in [-0.4, -0.2) is 20.6 Å². The summed E-state index contributed by atoms with van der Waals surface area (Å²) in [5, 5.41) is 19.6. The molecular formula is C13H9BrN2O5. The molecule has 8 heteroatoms. The standard InChI is InChI=1S/C13H9BrN2O5/c14-10-5-11(16(20)21)12(17)15(7-10)6-8-1-3-9(4-2-8)13(18)19/h1-5,7H,6H2,(H,18,19). The number of aromatic nitrogens is 1. The summed E-state index contributed by atoms with van der Waals surface area (Å²) in [7, 11) is 0. The molecule has 0 spiro atoms. The molecule has 1 N–H and O–H groups in total. The molecule has 7 nitrogen and oxygen atoms in total. The molecule has 0 amide bonds. The minimum Gasteiger partial charge on any atom is -0.478 e. The Bertz CT molecular complexity index is 767. The number of carboxylic acid groups (broad SMARTS) is 1. The van der Waals surface area contributed by atoms with Gasteiger partial charge in [-0.25, -0.2) is 4.79 Å². The SMILES string of the molecule is O=C(O)c1ccc(Cn2cc(Br)cc([N+](=O)[O-])c2=O)cc1. The van der Waals surface area contributed by atoms with Crippen molar-refractivity contribution in [3.05, 3.63) is 72.6 Å². The van der Waals surface area contributed by atoms with Crippen molar-refractivity contribution in [2.24, 2.45) is 0 Å². The number of hydrogen-bond acceptors (Lipinski definition) is 4. The molecule has 21 heavy (non-hydrogen) atoms. The smallest absolute Gasteiger partial charge is 0.335 e. The fourth-order valence-electron chi connectivity index (χ4n) is 1.78. The highest BCUT2D eigenvalue weighted by molar-refractivity contribution is 9.10. The van der Waals surface area contributed by atoms with Crippen LogP contribution in [0.1, 0.15) is 15.9 Å². The Morgan fingerprint density at radius 3 is 2.48 bits per heavy atom. The molecule has 1 aromatic heterocycles. The summed E-state index contributed by atoms with van der Waals surface area (Å²) in [6.07, 6.45) is 1.44. The van der Waals surface area contributed by atoms with Crippen molar-refractivity contribution in [3.63, 3.8) is 0 Å². The lowest BCUT2D eigenvalue weighted by Crippen LogP contribution is -2.22. The second-order valence-corrected chi connectivity index (χ2v) is 5.15. The van der Waals surface area contributed by atoms with Crippen LogP contribution in [0, 0.1) is 10.1 Å². The van der Waals surface area contributed by atoms with Crippen LogP contribution < -0.4 is 5.56 Å². The zero-order valence-electron chi connectivity index (χ0n) is 10.5. The Hall–Kier alpha value is -2.48. The van der Waals surface area contributed by atoms with Crippen LogP contribution in [0.3, 0.4) is 0 Å². The lowest BCUT2D eigenvalue weighted by atomic mass is 10.1. The van der Waals surface area contributed by atoms with E-state index in [0.717, 1.165) is 6.07 Å². The number of pyridine rings is 1. The fraction of sp³-hybridized carbons (Fsp3) is 0.0769. The number of carbonyl (C=O) groups is 1. The van der Waals surface area contributed by atoms with Gasteiger partial charge in [-0.2, -0.15) is 0 Å². The number of halogens is 1. The van der Waals surface area contributed by atoms with Crippen molar-refractivity contribution in [2.75, 3.05) is 0 Å². The maximum atomic E-state index is 11.9. The number of nitro groups is 1. The molecule has 0 fully saturated rings. The number of hydrogen-bond donors (Lipinski definition) is 1. The van der Waals surface area contributed by atoms with Crippen LogP contribution in [0.15, 0.2) is 45.8 Å². The highest BCUT2D eigenvalue weighted by atomic mass is 79.9. The van der Waals surface area contributed by atoms with Gasteiger partial charge in [-0.1, -0.05) is 12.1 Å². The fourth-order valence-corrected chi connectivity index (χ4v) is 2.25. The minimum atomic E-state index is -1.04. The summed E-state index contributed by atoms with van der Waals surface area (Å²) in [6, 6.07) is 7.09. The van der Waals surface area contributed by atoms with Gasteiger partial charge < -0.3 is 9.67 Å². The van der Waals surface area contributed by atoms with Crippen molar-refractivity contribution >= 4 is 27.6 Å². The van der Waals surface area contributed by atoms with E-state index in [9.17, 15) is 19.7 Å². The highest BCUT2D eigenvalue weighted by Gasteiger charge is 2.16. The molecule has 0 aliphatic rings. The average Bonchev–Trinajstić information content (AvgIpc) is 2.42. The van der Waals surface area contributed by atoms with Crippen LogP contribution in [0.4, 0.5) is 5.69 Å². The molecule has 0 bridgehead atoms. The monoisotopic (exact) mass is 352 g/mol. The highest BCUT2D eigenvalue weighted by Crippen LogP contribution is 2.15. The molecule has 1 aromatic carbocycles. The first-order chi connectivity index (χ1) is 9.88. The molecule has 0 saturated carbocycles. The van der Waals surface area contributed by atoms with E-state index in [4.69, 9.17) is 5.11 Å². The van der Waals surface area contributed by atoms with Gasteiger partial charge >= 0.3 is 17.2 Å². The van der Waals surface area contributed by atoms with Crippen molar-refractivity contribution in [1.29, 1.82) is 0 Å². The van der Waals surface area contributed by atoms with E-state index in [1.54, 1.807) is 12.1 Å². The molecule has 0 radical (unpaired) electrons. The first-order valence-corrected chi connectivity index (χ1v) is 6.54. The van der Waals surface area contributed by atoms with Gasteiger partial charge in [0.05, 0.1) is 17.0 Å². The van der Waals surface area contributed by atoms with E-state index in [1.165, 1.54) is 22.9 Å². The second-order valence-electron chi connectivity index (χ2n) is 4.24. The van der Waals surface area contributed by atoms with Crippen molar-refractivity contribution in [1.82, 2.24) is 4.57 Å². The predicted molar refractivity (Wildman–Crippen MR) is 77.6 cm³/mol. The number of aromatic carboxylic acids is 1. The topological polar surface area (TPSA) is 102 Å². The van der Waals surface area contributed by atoms with Crippen LogP contribution in [0.25, 0.3) is 0 Å². The van der Waals surface area contributed by atoms with Gasteiger partial charge in [-0.15, -0.1) is 0 Å². The zero-order valence-corrected chi connectivity index (χ0v) is 12.1. The molecule has 0 saturated heterocycles. The second kappa shape index (κ2) is 5.88. The molecule has 0 unspecified atom stereocenters. The van der Waals surface area contributed by atoms with Crippen molar-refractivity contribution < 1.29 is 14.8 Å². The van der Waals surface area contributed by atoms with E-state index in [2.05, 4.69) is 15.9 Å². The Labute approximate surface area is 126 Å². The van der Waals surface area contributed by atoms with Crippen LogP contribution in [0.5, 0.6) is 0 Å². The Morgan fingerprint density at radius 1 is 1.33 bits per heavy atom. The largest absolute Gasteiger partial charge is 0.478 e. The maximum absolute atomic E-state index is 11.9. The Balaban J connectivity index is 2.37. The van der Waals surface area contributed by atoms with Gasteiger partial charge in [0.25, 0.3) is 0 Å². The number of carboxylic acids is 1. The summed E-state index contributed by atoms with van der Waals surface area (Å²) in [5.41, 5.74) is -0.446. The van der Waals surface area contributed by atoms with Gasteiger partial charge in [-0.3, -0.25) is 14.9 Å². The van der Waals surface area contributed by atoms with Gasteiger partial charge in [0.15, 0.2) is 0 Å². The van der Waals surface area contributed by atoms with Crippen LogP contribution in [-0.2, 0) is 6.54 Å². The quantitative estimate of drug-likeness (QED) is 0.671. The van der Waals surface area contributed by atoms with Crippen LogP contribution >= 0.6 is 15.9 Å². The first-order valence-electron chi connectivity index (χ1n) is 5.75. The van der Waals surface area contributed by atoms with E-state index < -0.39 is 22.1 Å². The molecule has 0 atom stereocenters. The summed E-state index contributed by atoms with van der Waals surface area (Å²) in [6.45, 7) is 0.110. The average molecular weight is 353 g/mol. The van der Waals surface area contributed by atoms with E-state index in [-0.39, 0.29) is 12.1 Å². The number of rotatable bonds is 4.